The second-order valence-corrected chi connectivity index (χ2v) is 4.35. The number of aromatic carboxylic acids is 1. The number of carbonyl (C=O) groups excluding carboxylic acids is 2. The molecule has 0 unspecified atom stereocenters. The van der Waals surface area contributed by atoms with Crippen LogP contribution in [-0.2, 0) is 17.9 Å². The van der Waals surface area contributed by atoms with Crippen molar-refractivity contribution in [3.05, 3.63) is 11.4 Å². The van der Waals surface area contributed by atoms with Gasteiger partial charge in [-0.3, -0.25) is 10.1 Å². The number of hydrogen-bond acceptors (Lipinski definition) is 6. The molecular weight excluding hydrogens is 268 g/mol. The minimum atomic E-state index is -1.27. The first-order valence-electron chi connectivity index (χ1n) is 5.97. The van der Waals surface area contributed by atoms with Gasteiger partial charge in [-0.25, -0.2) is 14.3 Å². The van der Waals surface area contributed by atoms with E-state index in [9.17, 15) is 14.4 Å². The van der Waals surface area contributed by atoms with E-state index in [-0.39, 0.29) is 30.5 Å². The summed E-state index contributed by atoms with van der Waals surface area (Å²) in [5.74, 6) is -1.90. The van der Waals surface area contributed by atoms with E-state index in [0.29, 0.717) is 0 Å². The number of carbonyl (C=O) groups is 3. The molecule has 0 radical (unpaired) electrons. The largest absolute Gasteiger partial charge is 0.476 e. The molecule has 20 heavy (non-hydrogen) atoms. The van der Waals surface area contributed by atoms with E-state index in [1.165, 1.54) is 0 Å². The molecule has 0 saturated heterocycles. The minimum Gasteiger partial charge on any atom is -0.476 e. The molecular formula is C10H14N6O4. The Hall–Kier alpha value is -2.49. The molecule has 5 N–H and O–H groups in total. The topological polar surface area (TPSA) is 152 Å². The fraction of sp³-hybridized carbons (Fsp3) is 0.500. The summed E-state index contributed by atoms with van der Waals surface area (Å²) in [6, 6.07) is -0.447. The van der Waals surface area contributed by atoms with E-state index in [0.717, 1.165) is 17.5 Å². The van der Waals surface area contributed by atoms with Crippen LogP contribution in [0.5, 0.6) is 0 Å². The van der Waals surface area contributed by atoms with Crippen molar-refractivity contribution in [1.82, 2.24) is 25.6 Å². The van der Waals surface area contributed by atoms with Crippen LogP contribution < -0.4 is 16.4 Å². The Labute approximate surface area is 113 Å². The fourth-order valence-electron chi connectivity index (χ4n) is 1.58. The number of nitrogens with zero attached hydrogens (tertiary/aromatic N) is 3. The molecule has 108 valence electrons. The molecule has 10 nitrogen and oxygen atoms in total. The first-order valence-corrected chi connectivity index (χ1v) is 5.97. The third-order valence-electron chi connectivity index (χ3n) is 2.69. The van der Waals surface area contributed by atoms with E-state index < -0.39 is 17.9 Å². The number of hydrogen-bond donors (Lipinski definition) is 4. The molecule has 1 heterocycles. The Morgan fingerprint density at radius 2 is 2.10 bits per heavy atom. The van der Waals surface area contributed by atoms with Crippen molar-refractivity contribution in [2.75, 3.05) is 0 Å². The standard InChI is InChI=1S/C10H14N6O4/c11-3-6-8(9(18)19)14-15-16(6)4-7(17)13-10(20)12-5-1-2-5/h5H,1-4,11H2,(H,18,19)(H2,12,13,17,20). The van der Waals surface area contributed by atoms with Gasteiger partial charge in [0.25, 0.3) is 0 Å². The lowest BCUT2D eigenvalue weighted by Gasteiger charge is -2.07. The van der Waals surface area contributed by atoms with Crippen LogP contribution in [0.25, 0.3) is 0 Å². The molecule has 0 aliphatic heterocycles. The summed E-state index contributed by atoms with van der Waals surface area (Å²) >= 11 is 0. The summed E-state index contributed by atoms with van der Waals surface area (Å²) < 4.78 is 1.06. The van der Waals surface area contributed by atoms with Gasteiger partial charge in [-0.05, 0) is 12.8 Å². The maximum Gasteiger partial charge on any atom is 0.358 e. The van der Waals surface area contributed by atoms with Gasteiger partial charge in [-0.15, -0.1) is 5.10 Å². The lowest BCUT2D eigenvalue weighted by Crippen LogP contribution is -2.42. The van der Waals surface area contributed by atoms with Gasteiger partial charge in [0.1, 0.15) is 6.54 Å². The van der Waals surface area contributed by atoms with Crippen LogP contribution in [0.4, 0.5) is 4.79 Å². The van der Waals surface area contributed by atoms with Crippen LogP contribution in [0.15, 0.2) is 0 Å². The van der Waals surface area contributed by atoms with Crippen molar-refractivity contribution in [3.63, 3.8) is 0 Å². The first-order chi connectivity index (χ1) is 9.51. The van der Waals surface area contributed by atoms with Crippen molar-refractivity contribution in [2.45, 2.75) is 32.0 Å². The second kappa shape index (κ2) is 5.65. The van der Waals surface area contributed by atoms with Gasteiger partial charge in [0.05, 0.1) is 5.69 Å². The van der Waals surface area contributed by atoms with E-state index in [1.54, 1.807) is 0 Å². The molecule has 1 aromatic rings. The minimum absolute atomic E-state index is 0.121. The number of nitrogens with two attached hydrogens (primary N) is 1. The number of rotatable bonds is 5. The molecule has 0 bridgehead atoms. The number of carboxylic acid groups (broad SMARTS) is 1. The molecule has 0 aromatic carbocycles. The molecule has 0 spiro atoms. The lowest BCUT2D eigenvalue weighted by molar-refractivity contribution is -0.120. The molecule has 10 heteroatoms. The van der Waals surface area contributed by atoms with Gasteiger partial charge in [-0.1, -0.05) is 5.21 Å². The van der Waals surface area contributed by atoms with E-state index in [1.807, 2.05) is 0 Å². The smallest absolute Gasteiger partial charge is 0.358 e. The van der Waals surface area contributed by atoms with Crippen molar-refractivity contribution in [3.8, 4) is 0 Å². The number of urea groups is 1. The van der Waals surface area contributed by atoms with Crippen LogP contribution in [0.3, 0.4) is 0 Å². The summed E-state index contributed by atoms with van der Waals surface area (Å²) in [5, 5.41) is 20.5. The van der Waals surface area contributed by atoms with Gasteiger partial charge in [0.2, 0.25) is 5.91 Å². The summed E-state index contributed by atoms with van der Waals surface area (Å²) in [6.45, 7) is -0.457. The predicted octanol–water partition coefficient (Wildman–Crippen LogP) is -1.58. The molecule has 3 amide bonds. The fourth-order valence-corrected chi connectivity index (χ4v) is 1.58. The zero-order valence-corrected chi connectivity index (χ0v) is 10.5. The SMILES string of the molecule is NCc1c(C(=O)O)nnn1CC(=O)NC(=O)NC1CC1. The number of imide groups is 1. The highest BCUT2D eigenvalue weighted by atomic mass is 16.4. The Balaban J connectivity index is 1.96. The number of amides is 3. The van der Waals surface area contributed by atoms with Crippen LogP contribution in [-0.4, -0.2) is 44.0 Å². The normalized spacial score (nSPS) is 13.8. The highest BCUT2D eigenvalue weighted by Crippen LogP contribution is 2.18. The summed E-state index contributed by atoms with van der Waals surface area (Å²) in [5.41, 5.74) is 5.23. The van der Waals surface area contributed by atoms with E-state index in [2.05, 4.69) is 20.9 Å². The molecule has 2 rings (SSSR count). The van der Waals surface area contributed by atoms with Gasteiger partial charge in [0.15, 0.2) is 5.69 Å². The Morgan fingerprint density at radius 3 is 2.65 bits per heavy atom. The Morgan fingerprint density at radius 1 is 1.40 bits per heavy atom. The van der Waals surface area contributed by atoms with Gasteiger partial charge < -0.3 is 16.2 Å². The summed E-state index contributed by atoms with van der Waals surface area (Å²) in [7, 11) is 0. The van der Waals surface area contributed by atoms with Crippen LogP contribution in [0.1, 0.15) is 29.0 Å². The summed E-state index contributed by atoms with van der Waals surface area (Å²) in [6.07, 6.45) is 1.81. The van der Waals surface area contributed by atoms with Gasteiger partial charge in [0, 0.05) is 12.6 Å². The van der Waals surface area contributed by atoms with E-state index in [4.69, 9.17) is 10.8 Å². The third kappa shape index (κ3) is 3.29. The zero-order valence-electron chi connectivity index (χ0n) is 10.5. The highest BCUT2D eigenvalue weighted by molar-refractivity contribution is 5.94. The number of nitrogens with one attached hydrogen (secondary N) is 2. The predicted molar refractivity (Wildman–Crippen MR) is 64.6 cm³/mol. The molecule has 1 aromatic heterocycles. The van der Waals surface area contributed by atoms with Crippen molar-refractivity contribution in [1.29, 1.82) is 0 Å². The van der Waals surface area contributed by atoms with Crippen LogP contribution in [0.2, 0.25) is 0 Å². The quantitative estimate of drug-likeness (QED) is 0.508. The number of carboxylic acids is 1. The Bertz CT molecular complexity index is 550. The average Bonchev–Trinajstić information content (AvgIpc) is 3.06. The van der Waals surface area contributed by atoms with Crippen LogP contribution in [0, 0.1) is 0 Å². The lowest BCUT2D eigenvalue weighted by atomic mass is 10.3. The maximum absolute atomic E-state index is 11.6. The van der Waals surface area contributed by atoms with Crippen LogP contribution >= 0.6 is 0 Å². The monoisotopic (exact) mass is 282 g/mol. The van der Waals surface area contributed by atoms with E-state index >= 15 is 0 Å². The van der Waals surface area contributed by atoms with Crippen molar-refractivity contribution < 1.29 is 19.5 Å². The molecule has 0 atom stereocenters. The zero-order chi connectivity index (χ0) is 14.7. The Kier molecular flexibility index (Phi) is 3.94. The third-order valence-corrected chi connectivity index (χ3v) is 2.69. The summed E-state index contributed by atoms with van der Waals surface area (Å²) in [4.78, 5) is 33.8. The molecule has 1 saturated carbocycles. The highest BCUT2D eigenvalue weighted by Gasteiger charge is 2.24. The maximum atomic E-state index is 11.6. The molecule has 1 aliphatic carbocycles. The molecule has 1 aliphatic rings. The van der Waals surface area contributed by atoms with Gasteiger partial charge in [-0.2, -0.15) is 0 Å². The number of aromatic nitrogens is 3. The first kappa shape index (κ1) is 13.9. The van der Waals surface area contributed by atoms with Gasteiger partial charge >= 0.3 is 12.0 Å². The average molecular weight is 282 g/mol. The second-order valence-electron chi connectivity index (χ2n) is 4.35. The van der Waals surface area contributed by atoms with Crippen molar-refractivity contribution >= 4 is 17.9 Å². The molecule has 1 fully saturated rings. The van der Waals surface area contributed by atoms with Crippen molar-refractivity contribution in [2.24, 2.45) is 5.73 Å².